The molecular weight excluding hydrogens is 188 g/mol. The van der Waals surface area contributed by atoms with Crippen LogP contribution in [0.2, 0.25) is 0 Å². The summed E-state index contributed by atoms with van der Waals surface area (Å²) in [5, 5.41) is 0. The smallest absolute Gasteiger partial charge is 0.309 e. The molecule has 1 saturated heterocycles. The minimum absolute atomic E-state index is 0.0402. The summed E-state index contributed by atoms with van der Waals surface area (Å²) in [4.78, 5) is 11.6. The van der Waals surface area contributed by atoms with Crippen LogP contribution in [-0.2, 0) is 9.53 Å². The van der Waals surface area contributed by atoms with Gasteiger partial charge in [-0.1, -0.05) is 25.0 Å². The molecule has 0 radical (unpaired) electrons. The fourth-order valence-electron chi connectivity index (χ4n) is 3.71. The van der Waals surface area contributed by atoms with Gasteiger partial charge in [0.05, 0.1) is 12.5 Å². The van der Waals surface area contributed by atoms with Crippen molar-refractivity contribution < 1.29 is 9.53 Å². The van der Waals surface area contributed by atoms with Crippen LogP contribution in [-0.4, -0.2) is 12.6 Å². The van der Waals surface area contributed by atoms with E-state index in [2.05, 4.69) is 13.0 Å². The number of hydrogen-bond donors (Lipinski definition) is 0. The molecule has 3 aliphatic rings. The molecule has 0 unspecified atom stereocenters. The Balaban J connectivity index is 1.98. The maximum absolute atomic E-state index is 11.6. The van der Waals surface area contributed by atoms with Gasteiger partial charge in [0.1, 0.15) is 0 Å². The SMILES string of the molecule is C[C@@]12COC(=O)[C@@H]1CC=C1CCCC[C@H]12. The summed E-state index contributed by atoms with van der Waals surface area (Å²) in [6.07, 6.45) is 8.40. The highest BCUT2D eigenvalue weighted by Crippen LogP contribution is 2.53. The van der Waals surface area contributed by atoms with Crippen molar-refractivity contribution in [2.24, 2.45) is 17.3 Å². The molecule has 1 aliphatic heterocycles. The number of fused-ring (bicyclic) bond motifs is 3. The molecule has 15 heavy (non-hydrogen) atoms. The maximum atomic E-state index is 11.6. The van der Waals surface area contributed by atoms with Crippen LogP contribution in [0.5, 0.6) is 0 Å². The number of esters is 1. The zero-order valence-electron chi connectivity index (χ0n) is 9.29. The molecule has 2 nitrogen and oxygen atoms in total. The molecule has 0 aromatic rings. The van der Waals surface area contributed by atoms with E-state index in [4.69, 9.17) is 4.74 Å². The van der Waals surface area contributed by atoms with Crippen molar-refractivity contribution in [3.63, 3.8) is 0 Å². The summed E-state index contributed by atoms with van der Waals surface area (Å²) in [6, 6.07) is 0. The van der Waals surface area contributed by atoms with Gasteiger partial charge in [0.15, 0.2) is 0 Å². The van der Waals surface area contributed by atoms with Gasteiger partial charge in [-0.25, -0.2) is 0 Å². The number of ether oxygens (including phenoxy) is 1. The molecule has 0 bridgehead atoms. The van der Waals surface area contributed by atoms with Gasteiger partial charge in [-0.15, -0.1) is 0 Å². The Kier molecular flexibility index (Phi) is 1.95. The second kappa shape index (κ2) is 3.10. The molecule has 3 atom stereocenters. The Bertz CT molecular complexity index is 331. The van der Waals surface area contributed by atoms with E-state index in [-0.39, 0.29) is 17.3 Å². The van der Waals surface area contributed by atoms with Crippen LogP contribution in [0.25, 0.3) is 0 Å². The topological polar surface area (TPSA) is 26.3 Å². The van der Waals surface area contributed by atoms with Crippen LogP contribution in [0.3, 0.4) is 0 Å². The molecule has 82 valence electrons. The summed E-state index contributed by atoms with van der Waals surface area (Å²) < 4.78 is 5.28. The van der Waals surface area contributed by atoms with E-state index in [9.17, 15) is 4.79 Å². The second-order valence-electron chi connectivity index (χ2n) is 5.48. The van der Waals surface area contributed by atoms with Crippen molar-refractivity contribution in [2.75, 3.05) is 6.61 Å². The Morgan fingerprint density at radius 1 is 1.40 bits per heavy atom. The van der Waals surface area contributed by atoms with Crippen molar-refractivity contribution in [3.05, 3.63) is 11.6 Å². The fourth-order valence-corrected chi connectivity index (χ4v) is 3.71. The monoisotopic (exact) mass is 206 g/mol. The van der Waals surface area contributed by atoms with Gasteiger partial charge in [-0.2, -0.15) is 0 Å². The Morgan fingerprint density at radius 2 is 2.27 bits per heavy atom. The molecule has 2 fully saturated rings. The number of cyclic esters (lactones) is 1. The third-order valence-corrected chi connectivity index (χ3v) is 4.67. The Morgan fingerprint density at radius 3 is 3.13 bits per heavy atom. The third-order valence-electron chi connectivity index (χ3n) is 4.67. The van der Waals surface area contributed by atoms with Crippen LogP contribution < -0.4 is 0 Å². The van der Waals surface area contributed by atoms with Gasteiger partial charge in [-0.05, 0) is 31.6 Å². The number of allylic oxidation sites excluding steroid dienone is 2. The van der Waals surface area contributed by atoms with Crippen LogP contribution in [0.4, 0.5) is 0 Å². The zero-order valence-corrected chi connectivity index (χ0v) is 9.29. The number of rotatable bonds is 0. The maximum Gasteiger partial charge on any atom is 0.309 e. The van der Waals surface area contributed by atoms with Crippen LogP contribution in [0, 0.1) is 17.3 Å². The van der Waals surface area contributed by atoms with Crippen molar-refractivity contribution >= 4 is 5.97 Å². The van der Waals surface area contributed by atoms with E-state index >= 15 is 0 Å². The van der Waals surface area contributed by atoms with E-state index in [1.54, 1.807) is 5.57 Å². The van der Waals surface area contributed by atoms with Gasteiger partial charge in [0, 0.05) is 5.41 Å². The number of carbonyl (C=O) groups excluding carboxylic acids is 1. The fraction of sp³-hybridized carbons (Fsp3) is 0.769. The molecule has 0 aromatic carbocycles. The minimum atomic E-state index is 0.0402. The first-order valence-electron chi connectivity index (χ1n) is 6.07. The highest BCUT2D eigenvalue weighted by Gasteiger charge is 2.53. The van der Waals surface area contributed by atoms with E-state index in [1.165, 1.54) is 25.7 Å². The predicted octanol–water partition coefficient (Wildman–Crippen LogP) is 2.69. The third kappa shape index (κ3) is 1.20. The van der Waals surface area contributed by atoms with Crippen molar-refractivity contribution in [1.82, 2.24) is 0 Å². The first kappa shape index (κ1) is 9.44. The lowest BCUT2D eigenvalue weighted by Gasteiger charge is -2.43. The van der Waals surface area contributed by atoms with Gasteiger partial charge in [0.25, 0.3) is 0 Å². The van der Waals surface area contributed by atoms with Gasteiger partial charge in [0.2, 0.25) is 0 Å². The number of hydrogen-bond acceptors (Lipinski definition) is 2. The lowest BCUT2D eigenvalue weighted by Crippen LogP contribution is -2.40. The minimum Gasteiger partial charge on any atom is -0.465 e. The van der Waals surface area contributed by atoms with Gasteiger partial charge >= 0.3 is 5.97 Å². The molecule has 2 heteroatoms. The Hall–Kier alpha value is -0.790. The van der Waals surface area contributed by atoms with E-state index in [1.807, 2.05) is 0 Å². The molecule has 0 aromatic heterocycles. The second-order valence-corrected chi connectivity index (χ2v) is 5.48. The molecule has 2 aliphatic carbocycles. The summed E-state index contributed by atoms with van der Waals surface area (Å²) in [5.41, 5.74) is 1.72. The number of carbonyl (C=O) groups is 1. The molecule has 0 N–H and O–H groups in total. The highest BCUT2D eigenvalue weighted by molar-refractivity contribution is 5.76. The first-order chi connectivity index (χ1) is 7.22. The summed E-state index contributed by atoms with van der Waals surface area (Å²) >= 11 is 0. The van der Waals surface area contributed by atoms with Crippen LogP contribution in [0.1, 0.15) is 39.0 Å². The summed E-state index contributed by atoms with van der Waals surface area (Å²) in [7, 11) is 0. The average molecular weight is 206 g/mol. The lowest BCUT2D eigenvalue weighted by atomic mass is 9.59. The summed E-state index contributed by atoms with van der Waals surface area (Å²) in [5.74, 6) is 0.805. The molecule has 1 saturated carbocycles. The summed E-state index contributed by atoms with van der Waals surface area (Å²) in [6.45, 7) is 2.91. The lowest BCUT2D eigenvalue weighted by molar-refractivity contribution is -0.141. The quantitative estimate of drug-likeness (QED) is 0.450. The standard InChI is InChI=1S/C13H18O2/c1-13-8-15-12(14)11(13)7-6-9-4-2-3-5-10(9)13/h6,10-11H,2-5,7-8H2,1H3/t10-,11+,13+/m1/s1. The van der Waals surface area contributed by atoms with E-state index in [0.29, 0.717) is 12.5 Å². The average Bonchev–Trinajstić information content (AvgIpc) is 2.56. The Labute approximate surface area is 90.7 Å². The van der Waals surface area contributed by atoms with Crippen LogP contribution >= 0.6 is 0 Å². The van der Waals surface area contributed by atoms with E-state index in [0.717, 1.165) is 6.42 Å². The predicted molar refractivity (Wildman–Crippen MR) is 57.2 cm³/mol. The normalized spacial score (nSPS) is 44.1. The highest BCUT2D eigenvalue weighted by atomic mass is 16.5. The van der Waals surface area contributed by atoms with Gasteiger partial charge < -0.3 is 4.74 Å². The molecular formula is C13H18O2. The van der Waals surface area contributed by atoms with Crippen molar-refractivity contribution in [2.45, 2.75) is 39.0 Å². The zero-order chi connectivity index (χ0) is 10.5. The van der Waals surface area contributed by atoms with Gasteiger partial charge in [-0.3, -0.25) is 4.79 Å². The first-order valence-corrected chi connectivity index (χ1v) is 6.07. The molecule has 0 spiro atoms. The van der Waals surface area contributed by atoms with Crippen molar-refractivity contribution in [3.8, 4) is 0 Å². The van der Waals surface area contributed by atoms with Crippen molar-refractivity contribution in [1.29, 1.82) is 0 Å². The molecule has 1 heterocycles. The van der Waals surface area contributed by atoms with E-state index < -0.39 is 0 Å². The molecule has 3 rings (SSSR count). The van der Waals surface area contributed by atoms with Crippen LogP contribution in [0.15, 0.2) is 11.6 Å². The largest absolute Gasteiger partial charge is 0.465 e. The molecule has 0 amide bonds.